The van der Waals surface area contributed by atoms with Crippen LogP contribution in [0.1, 0.15) is 68.7 Å². The zero-order valence-corrected chi connectivity index (χ0v) is 24.5. The molecular formula is C33H38ClN3O3. The summed E-state index contributed by atoms with van der Waals surface area (Å²) in [6, 6.07) is 22.8. The van der Waals surface area contributed by atoms with Crippen molar-refractivity contribution in [3.63, 3.8) is 0 Å². The first kappa shape index (κ1) is 28.2. The molecule has 3 aromatic rings. The molecule has 0 radical (unpaired) electrons. The number of likely N-dealkylation sites (tertiary alicyclic amines) is 1. The number of fused-ring (bicyclic) bond motifs is 3. The van der Waals surface area contributed by atoms with Crippen LogP contribution >= 0.6 is 11.6 Å². The highest BCUT2D eigenvalue weighted by atomic mass is 35.5. The zero-order valence-electron chi connectivity index (χ0n) is 23.7. The lowest BCUT2D eigenvalue weighted by Crippen LogP contribution is -2.54. The van der Waals surface area contributed by atoms with Crippen LogP contribution in [0.4, 0.5) is 4.79 Å². The molecule has 0 bridgehead atoms. The average Bonchev–Trinajstić information content (AvgIpc) is 3.45. The van der Waals surface area contributed by atoms with Crippen molar-refractivity contribution < 1.29 is 14.3 Å². The summed E-state index contributed by atoms with van der Waals surface area (Å²) in [5.74, 6) is 0.249. The van der Waals surface area contributed by atoms with Crippen LogP contribution in [-0.2, 0) is 22.6 Å². The first-order valence-electron chi connectivity index (χ1n) is 14.0. The summed E-state index contributed by atoms with van der Waals surface area (Å²) < 4.78 is 5.32. The van der Waals surface area contributed by atoms with E-state index >= 15 is 0 Å². The smallest absolute Gasteiger partial charge is 0.407 e. The van der Waals surface area contributed by atoms with Crippen molar-refractivity contribution in [1.82, 2.24) is 15.5 Å². The number of hydrogen-bond donors (Lipinski definition) is 2. The fourth-order valence-corrected chi connectivity index (χ4v) is 6.16. The molecule has 2 amide bonds. The topological polar surface area (TPSA) is 70.7 Å². The SMILES string of the molecule is CC(C)(C)OC(=O)NCc1ccc(Cl)c(CNC(=O)C2(C)CCCN2CC2c3ccccc3-c3ccccc32)c1. The number of hydrogen-bond acceptors (Lipinski definition) is 4. The van der Waals surface area contributed by atoms with Crippen molar-refractivity contribution in [3.8, 4) is 11.1 Å². The van der Waals surface area contributed by atoms with E-state index in [0.29, 0.717) is 18.1 Å². The van der Waals surface area contributed by atoms with Gasteiger partial charge in [-0.25, -0.2) is 4.79 Å². The molecule has 210 valence electrons. The van der Waals surface area contributed by atoms with Crippen molar-refractivity contribution >= 4 is 23.6 Å². The quantitative estimate of drug-likeness (QED) is 0.340. The van der Waals surface area contributed by atoms with E-state index in [0.717, 1.165) is 37.1 Å². The molecule has 0 aromatic heterocycles. The van der Waals surface area contributed by atoms with E-state index in [1.54, 1.807) is 6.07 Å². The van der Waals surface area contributed by atoms with Gasteiger partial charge >= 0.3 is 6.09 Å². The van der Waals surface area contributed by atoms with E-state index in [-0.39, 0.29) is 11.8 Å². The molecule has 1 heterocycles. The van der Waals surface area contributed by atoms with Crippen LogP contribution in [0.3, 0.4) is 0 Å². The molecule has 40 heavy (non-hydrogen) atoms. The molecule has 2 N–H and O–H groups in total. The van der Waals surface area contributed by atoms with Gasteiger partial charge in [0.1, 0.15) is 5.60 Å². The Labute approximate surface area is 242 Å². The largest absolute Gasteiger partial charge is 0.444 e. The van der Waals surface area contributed by atoms with Gasteiger partial charge in [-0.3, -0.25) is 9.69 Å². The van der Waals surface area contributed by atoms with Crippen molar-refractivity contribution in [2.24, 2.45) is 0 Å². The number of alkyl carbamates (subject to hydrolysis) is 1. The fourth-order valence-electron chi connectivity index (χ4n) is 5.97. The van der Waals surface area contributed by atoms with Crippen LogP contribution in [0.5, 0.6) is 0 Å². The second-order valence-corrected chi connectivity index (χ2v) is 12.4. The molecule has 1 aliphatic heterocycles. The average molecular weight is 560 g/mol. The molecule has 1 fully saturated rings. The molecule has 3 aromatic carbocycles. The van der Waals surface area contributed by atoms with Crippen molar-refractivity contribution in [2.75, 3.05) is 13.1 Å². The predicted octanol–water partition coefficient (Wildman–Crippen LogP) is 6.65. The van der Waals surface area contributed by atoms with E-state index in [2.05, 4.69) is 71.0 Å². The number of nitrogens with zero attached hydrogens (tertiary/aromatic N) is 1. The maximum Gasteiger partial charge on any atom is 0.407 e. The first-order valence-corrected chi connectivity index (χ1v) is 14.4. The summed E-state index contributed by atoms with van der Waals surface area (Å²) >= 11 is 6.49. The minimum absolute atomic E-state index is 0.0120. The Morgan fingerprint density at radius 3 is 2.27 bits per heavy atom. The molecule has 0 saturated carbocycles. The lowest BCUT2D eigenvalue weighted by molar-refractivity contribution is -0.131. The minimum atomic E-state index is -0.602. The number of carbonyl (C=O) groups is 2. The van der Waals surface area contributed by atoms with Crippen molar-refractivity contribution in [1.29, 1.82) is 0 Å². The fraction of sp³-hybridized carbons (Fsp3) is 0.394. The number of nitrogens with one attached hydrogen (secondary N) is 2. The number of amides is 2. The Morgan fingerprint density at radius 1 is 0.975 bits per heavy atom. The molecule has 6 nitrogen and oxygen atoms in total. The Hall–Kier alpha value is -3.35. The van der Waals surface area contributed by atoms with Gasteiger partial charge in [-0.1, -0.05) is 72.3 Å². The zero-order chi connectivity index (χ0) is 28.5. The summed E-state index contributed by atoms with van der Waals surface area (Å²) in [6.07, 6.45) is 1.31. The maximum absolute atomic E-state index is 13.7. The Morgan fingerprint density at radius 2 is 1.62 bits per heavy atom. The summed E-state index contributed by atoms with van der Waals surface area (Å²) in [5, 5.41) is 6.51. The predicted molar refractivity (Wildman–Crippen MR) is 159 cm³/mol. The van der Waals surface area contributed by atoms with E-state index in [9.17, 15) is 9.59 Å². The molecular weight excluding hydrogens is 522 g/mol. The van der Waals surface area contributed by atoms with E-state index in [1.807, 2.05) is 32.9 Å². The molecule has 5 rings (SSSR count). The van der Waals surface area contributed by atoms with Crippen LogP contribution in [0.15, 0.2) is 66.7 Å². The van der Waals surface area contributed by atoms with Gasteiger partial charge < -0.3 is 15.4 Å². The van der Waals surface area contributed by atoms with Gasteiger partial charge in [-0.15, -0.1) is 0 Å². The molecule has 0 spiro atoms. The Kier molecular flexibility index (Phi) is 7.94. The highest BCUT2D eigenvalue weighted by Crippen LogP contribution is 2.46. The second kappa shape index (κ2) is 11.3. The molecule has 1 aliphatic carbocycles. The Balaban J connectivity index is 1.25. The van der Waals surface area contributed by atoms with Crippen LogP contribution < -0.4 is 10.6 Å². The van der Waals surface area contributed by atoms with Gasteiger partial charge in [-0.05, 0) is 86.5 Å². The van der Waals surface area contributed by atoms with E-state index < -0.39 is 17.2 Å². The highest BCUT2D eigenvalue weighted by Gasteiger charge is 2.44. The van der Waals surface area contributed by atoms with Gasteiger partial charge in [0.2, 0.25) is 5.91 Å². The molecule has 1 saturated heterocycles. The highest BCUT2D eigenvalue weighted by molar-refractivity contribution is 6.31. The van der Waals surface area contributed by atoms with Gasteiger partial charge in [0.05, 0.1) is 5.54 Å². The lowest BCUT2D eigenvalue weighted by Gasteiger charge is -2.36. The van der Waals surface area contributed by atoms with Crippen LogP contribution in [0.25, 0.3) is 11.1 Å². The maximum atomic E-state index is 13.7. The van der Waals surface area contributed by atoms with Crippen LogP contribution in [0, 0.1) is 0 Å². The summed E-state index contributed by atoms with van der Waals surface area (Å²) in [4.78, 5) is 28.1. The summed E-state index contributed by atoms with van der Waals surface area (Å²) in [5.41, 5.74) is 5.79. The second-order valence-electron chi connectivity index (χ2n) is 12.0. The van der Waals surface area contributed by atoms with Gasteiger partial charge in [0.15, 0.2) is 0 Å². The summed E-state index contributed by atoms with van der Waals surface area (Å²) in [6.45, 7) is 9.85. The number of rotatable bonds is 7. The molecule has 2 aliphatic rings. The van der Waals surface area contributed by atoms with Gasteiger partial charge in [0, 0.05) is 30.6 Å². The summed E-state index contributed by atoms with van der Waals surface area (Å²) in [7, 11) is 0. The third-order valence-corrected chi connectivity index (χ3v) is 8.40. The third kappa shape index (κ3) is 5.89. The molecule has 1 unspecified atom stereocenters. The van der Waals surface area contributed by atoms with Crippen LogP contribution in [0.2, 0.25) is 5.02 Å². The normalized spacial score (nSPS) is 18.7. The van der Waals surface area contributed by atoms with E-state index in [4.69, 9.17) is 16.3 Å². The standard InChI is InChI=1S/C33H38ClN3O3/c1-32(2,3)40-31(39)36-19-22-14-15-29(34)23(18-22)20-35-30(38)33(4)16-9-17-37(33)21-28-26-12-7-5-10-24(26)25-11-6-8-13-27(25)28/h5-8,10-15,18,28H,9,16-17,19-21H2,1-4H3,(H,35,38)(H,36,39). The minimum Gasteiger partial charge on any atom is -0.444 e. The number of ether oxygens (including phenoxy) is 1. The lowest BCUT2D eigenvalue weighted by atomic mass is 9.92. The van der Waals surface area contributed by atoms with Gasteiger partial charge in [-0.2, -0.15) is 0 Å². The van der Waals surface area contributed by atoms with E-state index in [1.165, 1.54) is 22.3 Å². The molecule has 1 atom stereocenters. The number of carbonyl (C=O) groups excluding carboxylic acids is 2. The van der Waals surface area contributed by atoms with Gasteiger partial charge in [0.25, 0.3) is 0 Å². The van der Waals surface area contributed by atoms with Crippen molar-refractivity contribution in [2.45, 2.75) is 70.7 Å². The Bertz CT molecular complexity index is 1370. The number of halogens is 1. The molecule has 7 heteroatoms. The monoisotopic (exact) mass is 559 g/mol. The first-order chi connectivity index (χ1) is 19.0. The number of benzene rings is 3. The van der Waals surface area contributed by atoms with Crippen LogP contribution in [-0.4, -0.2) is 41.1 Å². The van der Waals surface area contributed by atoms with Crippen molar-refractivity contribution in [3.05, 3.63) is 94.0 Å². The third-order valence-electron chi connectivity index (χ3n) is 8.03.